The first kappa shape index (κ1) is 32.8. The molecule has 1 heterocycles. The highest BCUT2D eigenvalue weighted by molar-refractivity contribution is 9.10. The molecule has 0 fully saturated rings. The topological polar surface area (TPSA) is 92.2 Å². The first-order valence-electron chi connectivity index (χ1n) is 15.5. The minimum absolute atomic E-state index is 0.0935. The normalized spacial score (nSPS) is 12.1. The first-order valence-corrected chi connectivity index (χ1v) is 17.2. The molecule has 0 aliphatic carbocycles. The molecule has 0 saturated heterocycles. The Morgan fingerprint density at radius 3 is 2.25 bits per heavy atom. The van der Waals surface area contributed by atoms with Crippen LogP contribution in [0.15, 0.2) is 136 Å². The summed E-state index contributed by atoms with van der Waals surface area (Å²) in [6.45, 7) is 4.84. The predicted molar refractivity (Wildman–Crippen MR) is 200 cm³/mol. The number of aromatic nitrogens is 1. The third-order valence-corrected chi connectivity index (χ3v) is 9.46. The second-order valence-electron chi connectivity index (χ2n) is 11.2. The van der Waals surface area contributed by atoms with E-state index in [1.54, 1.807) is 36.4 Å². The van der Waals surface area contributed by atoms with E-state index in [1.165, 1.54) is 17.3 Å². The minimum atomic E-state index is -0.477. The Balaban J connectivity index is 1.15. The second kappa shape index (κ2) is 14.8. The highest BCUT2D eigenvalue weighted by atomic mass is 79.9. The van der Waals surface area contributed by atoms with E-state index in [4.69, 9.17) is 0 Å². The van der Waals surface area contributed by atoms with Gasteiger partial charge in [-0.25, -0.2) is 0 Å². The molecular formula is C39H33BrN4O3S. The van der Waals surface area contributed by atoms with Gasteiger partial charge in [0.2, 0.25) is 5.91 Å². The number of benzene rings is 5. The van der Waals surface area contributed by atoms with Crippen molar-refractivity contribution >= 4 is 84.7 Å². The maximum Gasteiger partial charge on any atom is 0.272 e. The highest BCUT2D eigenvalue weighted by Gasteiger charge is 2.18. The first-order chi connectivity index (χ1) is 23.3. The number of nitrogens with one attached hydrogen (secondary N) is 3. The molecule has 9 heteroatoms. The molecule has 0 saturated carbocycles. The summed E-state index contributed by atoms with van der Waals surface area (Å²) in [5.41, 5.74) is 4.85. The molecule has 0 spiro atoms. The fourth-order valence-electron chi connectivity index (χ4n) is 5.49. The molecule has 1 unspecified atom stereocenters. The van der Waals surface area contributed by atoms with Crippen molar-refractivity contribution in [3.8, 4) is 0 Å². The van der Waals surface area contributed by atoms with Gasteiger partial charge in [0.15, 0.2) is 0 Å². The summed E-state index contributed by atoms with van der Waals surface area (Å²) in [7, 11) is 0. The van der Waals surface area contributed by atoms with Crippen LogP contribution in [0.2, 0.25) is 0 Å². The predicted octanol–water partition coefficient (Wildman–Crippen LogP) is 9.11. The van der Waals surface area contributed by atoms with Crippen LogP contribution < -0.4 is 16.0 Å². The van der Waals surface area contributed by atoms with Gasteiger partial charge in [0, 0.05) is 54.7 Å². The molecule has 5 aromatic carbocycles. The van der Waals surface area contributed by atoms with Gasteiger partial charge in [-0.3, -0.25) is 14.4 Å². The summed E-state index contributed by atoms with van der Waals surface area (Å²) in [5.74, 6) is -1.00. The molecule has 6 aromatic rings. The van der Waals surface area contributed by atoms with E-state index in [-0.39, 0.29) is 11.6 Å². The number of hydrogen-bond acceptors (Lipinski definition) is 4. The number of halogens is 1. The SMILES string of the molecule is CCn1c2ccccc2c2cc(NC(=O)C(C)Sc3cccc(NC(=O)/C(=C/c4ccc(Br)cc4)NC(=O)c4ccccc4)c3)ccc21. The van der Waals surface area contributed by atoms with Crippen LogP contribution in [-0.4, -0.2) is 27.5 Å². The van der Waals surface area contributed by atoms with Crippen LogP contribution in [-0.2, 0) is 16.1 Å². The summed E-state index contributed by atoms with van der Waals surface area (Å²) in [5, 5.41) is 10.6. The van der Waals surface area contributed by atoms with Gasteiger partial charge in [-0.1, -0.05) is 70.5 Å². The van der Waals surface area contributed by atoms with Crippen molar-refractivity contribution in [2.24, 2.45) is 0 Å². The zero-order valence-corrected chi connectivity index (χ0v) is 28.8. The van der Waals surface area contributed by atoms with Crippen LogP contribution in [0.5, 0.6) is 0 Å². The third kappa shape index (κ3) is 7.54. The zero-order chi connectivity index (χ0) is 33.6. The largest absolute Gasteiger partial charge is 0.341 e. The Morgan fingerprint density at radius 1 is 0.771 bits per heavy atom. The van der Waals surface area contributed by atoms with Crippen LogP contribution in [0.4, 0.5) is 11.4 Å². The number of carbonyl (C=O) groups excluding carboxylic acids is 3. The van der Waals surface area contributed by atoms with Crippen molar-refractivity contribution in [1.29, 1.82) is 0 Å². The van der Waals surface area contributed by atoms with E-state index in [2.05, 4.69) is 61.6 Å². The average molecular weight is 718 g/mol. The molecule has 3 N–H and O–H groups in total. The number of anilines is 2. The number of aryl methyl sites for hydroxylation is 1. The molecule has 3 amide bonds. The zero-order valence-electron chi connectivity index (χ0n) is 26.4. The maximum atomic E-state index is 13.5. The molecule has 0 bridgehead atoms. The van der Waals surface area contributed by atoms with Crippen molar-refractivity contribution in [1.82, 2.24) is 9.88 Å². The minimum Gasteiger partial charge on any atom is -0.341 e. The van der Waals surface area contributed by atoms with Crippen molar-refractivity contribution in [3.05, 3.63) is 143 Å². The van der Waals surface area contributed by atoms with E-state index in [9.17, 15) is 14.4 Å². The molecule has 0 radical (unpaired) electrons. The third-order valence-electron chi connectivity index (χ3n) is 7.84. The Hall–Kier alpha value is -5.12. The second-order valence-corrected chi connectivity index (χ2v) is 13.5. The number of amides is 3. The lowest BCUT2D eigenvalue weighted by atomic mass is 10.1. The van der Waals surface area contributed by atoms with E-state index in [0.29, 0.717) is 11.3 Å². The average Bonchev–Trinajstić information content (AvgIpc) is 3.42. The maximum absolute atomic E-state index is 13.5. The molecule has 0 aliphatic heterocycles. The van der Waals surface area contributed by atoms with Crippen molar-refractivity contribution in [2.45, 2.75) is 30.5 Å². The lowest BCUT2D eigenvalue weighted by Crippen LogP contribution is -2.30. The standard InChI is InChI=1S/C39H33BrN4O3S/c1-3-44-35-15-8-7-14-32(35)33-24-30(20-21-36(33)44)41-37(45)25(2)48-31-13-9-12-29(23-31)42-39(47)34(22-26-16-18-28(40)19-17-26)43-38(46)27-10-5-4-6-11-27/h4-25H,3H2,1-2H3,(H,41,45)(H,42,47)(H,43,46)/b34-22-. The van der Waals surface area contributed by atoms with Crippen molar-refractivity contribution in [2.75, 3.05) is 10.6 Å². The fourth-order valence-corrected chi connectivity index (χ4v) is 6.68. The van der Waals surface area contributed by atoms with Crippen LogP contribution in [0, 0.1) is 0 Å². The van der Waals surface area contributed by atoms with Crippen molar-refractivity contribution in [3.63, 3.8) is 0 Å². The fraction of sp³-hybridized carbons (Fsp3) is 0.103. The Morgan fingerprint density at radius 2 is 1.48 bits per heavy atom. The molecule has 7 nitrogen and oxygen atoms in total. The summed E-state index contributed by atoms with van der Waals surface area (Å²) < 4.78 is 3.18. The van der Waals surface area contributed by atoms with Gasteiger partial charge < -0.3 is 20.5 Å². The monoisotopic (exact) mass is 716 g/mol. The Labute approximate surface area is 291 Å². The van der Waals surface area contributed by atoms with Gasteiger partial charge >= 0.3 is 0 Å². The van der Waals surface area contributed by atoms with E-state index in [0.717, 1.165) is 43.5 Å². The smallest absolute Gasteiger partial charge is 0.272 e. The molecule has 6 rings (SSSR count). The van der Waals surface area contributed by atoms with Gasteiger partial charge in [-0.15, -0.1) is 11.8 Å². The number of hydrogen-bond donors (Lipinski definition) is 3. The molecular weight excluding hydrogens is 684 g/mol. The van der Waals surface area contributed by atoms with Gasteiger partial charge in [0.1, 0.15) is 5.70 Å². The van der Waals surface area contributed by atoms with Gasteiger partial charge in [-0.05, 0) is 92.2 Å². The highest BCUT2D eigenvalue weighted by Crippen LogP contribution is 2.32. The number of thioether (sulfide) groups is 1. The summed E-state index contributed by atoms with van der Waals surface area (Å²) in [6.07, 6.45) is 1.63. The van der Waals surface area contributed by atoms with Crippen LogP contribution in [0.1, 0.15) is 29.8 Å². The quantitative estimate of drug-likeness (QED) is 0.0974. The van der Waals surface area contributed by atoms with Crippen LogP contribution in [0.3, 0.4) is 0 Å². The number of para-hydroxylation sites is 1. The lowest BCUT2D eigenvalue weighted by Gasteiger charge is -2.14. The number of nitrogens with zero attached hydrogens (tertiary/aromatic N) is 1. The molecule has 1 aromatic heterocycles. The lowest BCUT2D eigenvalue weighted by molar-refractivity contribution is -0.115. The van der Waals surface area contributed by atoms with Crippen molar-refractivity contribution < 1.29 is 14.4 Å². The summed E-state index contributed by atoms with van der Waals surface area (Å²) >= 11 is 4.82. The molecule has 0 aliphatic rings. The van der Waals surface area contributed by atoms with Crippen LogP contribution in [0.25, 0.3) is 27.9 Å². The van der Waals surface area contributed by atoms with Gasteiger partial charge in [0.25, 0.3) is 11.8 Å². The number of carbonyl (C=O) groups is 3. The Kier molecular flexibility index (Phi) is 10.1. The van der Waals surface area contributed by atoms with Gasteiger partial charge in [0.05, 0.1) is 5.25 Å². The van der Waals surface area contributed by atoms with E-state index < -0.39 is 17.1 Å². The molecule has 240 valence electrons. The number of fused-ring (bicyclic) bond motifs is 3. The molecule has 48 heavy (non-hydrogen) atoms. The van der Waals surface area contributed by atoms with E-state index in [1.807, 2.05) is 79.7 Å². The van der Waals surface area contributed by atoms with Gasteiger partial charge in [-0.2, -0.15) is 0 Å². The Bertz CT molecular complexity index is 2160. The summed E-state index contributed by atoms with van der Waals surface area (Å²) in [6, 6.07) is 37.8. The molecule has 1 atom stereocenters. The van der Waals surface area contributed by atoms with E-state index >= 15 is 0 Å². The number of rotatable bonds is 10. The van der Waals surface area contributed by atoms with Crippen LogP contribution >= 0.6 is 27.7 Å². The summed E-state index contributed by atoms with van der Waals surface area (Å²) in [4.78, 5) is 40.6.